The number of aromatic amines is 1. The van der Waals surface area contributed by atoms with Crippen LogP contribution in [0.4, 0.5) is 8.78 Å². The number of ketones is 1. The zero-order valence-corrected chi connectivity index (χ0v) is 12.6. The van der Waals surface area contributed by atoms with E-state index in [9.17, 15) is 13.6 Å². The van der Waals surface area contributed by atoms with Crippen LogP contribution in [0.3, 0.4) is 0 Å². The van der Waals surface area contributed by atoms with Crippen molar-refractivity contribution in [1.82, 2.24) is 9.97 Å². The Morgan fingerprint density at radius 3 is 2.91 bits per heavy atom. The molecule has 0 aliphatic carbocycles. The highest BCUT2D eigenvalue weighted by molar-refractivity contribution is 9.10. The van der Waals surface area contributed by atoms with E-state index in [4.69, 9.17) is 0 Å². The second-order valence-electron chi connectivity index (χ2n) is 4.49. The van der Waals surface area contributed by atoms with Gasteiger partial charge in [-0.3, -0.25) is 4.79 Å². The van der Waals surface area contributed by atoms with E-state index >= 15 is 0 Å². The van der Waals surface area contributed by atoms with Gasteiger partial charge in [-0.25, -0.2) is 4.98 Å². The second-order valence-corrected chi connectivity index (χ2v) is 5.40. The predicted octanol–water partition coefficient (Wildman–Crippen LogP) is 4.16. The van der Waals surface area contributed by atoms with E-state index in [1.807, 2.05) is 0 Å². The summed E-state index contributed by atoms with van der Waals surface area (Å²) in [4.78, 5) is 19.6. The van der Waals surface area contributed by atoms with Gasteiger partial charge in [0.15, 0.2) is 5.78 Å². The molecular weight excluding hydrogens is 358 g/mol. The number of H-pyrrole nitrogens is 1. The van der Waals surface area contributed by atoms with Crippen molar-refractivity contribution in [3.8, 4) is 5.75 Å². The summed E-state index contributed by atoms with van der Waals surface area (Å²) in [5.74, 6) is -0.356. The van der Waals surface area contributed by atoms with Gasteiger partial charge in [0.1, 0.15) is 11.4 Å². The fourth-order valence-corrected chi connectivity index (χ4v) is 2.47. The molecule has 0 spiro atoms. The maximum absolute atomic E-state index is 12.6. The molecule has 112 valence electrons. The summed E-state index contributed by atoms with van der Waals surface area (Å²) < 4.78 is 29.6. The first-order chi connectivity index (χ1) is 10.5. The molecule has 0 unspecified atom stereocenters. The minimum atomic E-state index is -2.93. The molecule has 3 aromatic rings. The Hall–Kier alpha value is -2.28. The predicted molar refractivity (Wildman–Crippen MR) is 80.3 cm³/mol. The fourth-order valence-electron chi connectivity index (χ4n) is 2.13. The number of aromatic nitrogens is 2. The third-order valence-electron chi connectivity index (χ3n) is 3.06. The second kappa shape index (κ2) is 5.84. The third kappa shape index (κ3) is 2.85. The Labute approximate surface area is 132 Å². The number of halogens is 3. The maximum atomic E-state index is 12.6. The number of carbonyl (C=O) groups excluding carboxylic acids is 1. The molecule has 4 nitrogen and oxygen atoms in total. The summed E-state index contributed by atoms with van der Waals surface area (Å²) in [5.41, 5.74) is 1.25. The van der Waals surface area contributed by atoms with E-state index in [1.165, 1.54) is 18.2 Å². The lowest BCUT2D eigenvalue weighted by Crippen LogP contribution is -2.04. The van der Waals surface area contributed by atoms with Crippen LogP contribution in [0, 0.1) is 0 Å². The van der Waals surface area contributed by atoms with Crippen molar-refractivity contribution in [2.24, 2.45) is 0 Å². The fraction of sp³-hybridized carbons (Fsp3) is 0.0667. The number of ether oxygens (including phenoxy) is 1. The van der Waals surface area contributed by atoms with Crippen molar-refractivity contribution < 1.29 is 18.3 Å². The number of rotatable bonds is 4. The Morgan fingerprint density at radius 2 is 2.14 bits per heavy atom. The van der Waals surface area contributed by atoms with Gasteiger partial charge in [0.2, 0.25) is 0 Å². The largest absolute Gasteiger partial charge is 0.435 e. The van der Waals surface area contributed by atoms with Crippen molar-refractivity contribution >= 4 is 32.7 Å². The summed E-state index contributed by atoms with van der Waals surface area (Å²) in [5, 5.41) is 0.652. The van der Waals surface area contributed by atoms with E-state index < -0.39 is 6.61 Å². The van der Waals surface area contributed by atoms with Gasteiger partial charge < -0.3 is 9.72 Å². The van der Waals surface area contributed by atoms with Gasteiger partial charge in [-0.2, -0.15) is 8.78 Å². The van der Waals surface area contributed by atoms with Crippen LogP contribution in [0.1, 0.15) is 15.9 Å². The molecule has 0 amide bonds. The summed E-state index contributed by atoms with van der Waals surface area (Å²) in [6, 6.07) is 7.47. The lowest BCUT2D eigenvalue weighted by atomic mass is 10.0. The Kier molecular flexibility index (Phi) is 3.89. The Balaban J connectivity index is 2.00. The monoisotopic (exact) mass is 366 g/mol. The smallest absolute Gasteiger partial charge is 0.387 e. The van der Waals surface area contributed by atoms with Crippen molar-refractivity contribution in [2.75, 3.05) is 0 Å². The van der Waals surface area contributed by atoms with Gasteiger partial charge in [-0.15, -0.1) is 0 Å². The van der Waals surface area contributed by atoms with Crippen LogP contribution in [0.5, 0.6) is 5.75 Å². The molecule has 1 aromatic carbocycles. The number of alkyl halides is 2. The van der Waals surface area contributed by atoms with Gasteiger partial charge in [0, 0.05) is 33.4 Å². The highest BCUT2D eigenvalue weighted by Gasteiger charge is 2.16. The summed E-state index contributed by atoms with van der Waals surface area (Å²) in [6.45, 7) is -2.93. The first-order valence-electron chi connectivity index (χ1n) is 6.27. The third-order valence-corrected chi connectivity index (χ3v) is 3.50. The van der Waals surface area contributed by atoms with Gasteiger partial charge in [-0.1, -0.05) is 12.1 Å². The van der Waals surface area contributed by atoms with Crippen LogP contribution in [0.2, 0.25) is 0 Å². The molecule has 0 saturated carbocycles. The molecule has 2 aromatic heterocycles. The average Bonchev–Trinajstić information content (AvgIpc) is 2.89. The molecule has 0 aliphatic rings. The molecule has 0 saturated heterocycles. The van der Waals surface area contributed by atoms with Gasteiger partial charge >= 0.3 is 6.61 Å². The quantitative estimate of drug-likeness (QED) is 0.705. The van der Waals surface area contributed by atoms with Crippen molar-refractivity contribution in [3.63, 3.8) is 0 Å². The average molecular weight is 367 g/mol. The normalized spacial score (nSPS) is 11.1. The van der Waals surface area contributed by atoms with Crippen LogP contribution in [0.25, 0.3) is 11.0 Å². The zero-order chi connectivity index (χ0) is 15.7. The maximum Gasteiger partial charge on any atom is 0.387 e. The van der Waals surface area contributed by atoms with Crippen LogP contribution in [-0.2, 0) is 0 Å². The minimum absolute atomic E-state index is 0.0556. The van der Waals surface area contributed by atoms with Gasteiger partial charge in [0.25, 0.3) is 0 Å². The summed E-state index contributed by atoms with van der Waals surface area (Å²) in [6.07, 6.45) is 3.16. The number of fused-ring (bicyclic) bond motifs is 1. The number of nitrogens with one attached hydrogen (secondary N) is 1. The number of hydrogen-bond acceptors (Lipinski definition) is 3. The summed E-state index contributed by atoms with van der Waals surface area (Å²) in [7, 11) is 0. The van der Waals surface area contributed by atoms with Crippen LogP contribution >= 0.6 is 15.9 Å². The molecule has 0 radical (unpaired) electrons. The first kappa shape index (κ1) is 14.6. The summed E-state index contributed by atoms with van der Waals surface area (Å²) >= 11 is 3.30. The van der Waals surface area contributed by atoms with Crippen molar-refractivity contribution in [2.45, 2.75) is 6.61 Å². The van der Waals surface area contributed by atoms with E-state index in [0.29, 0.717) is 16.6 Å². The molecular formula is C15H9BrF2N2O2. The van der Waals surface area contributed by atoms with Crippen LogP contribution < -0.4 is 4.74 Å². The van der Waals surface area contributed by atoms with Crippen LogP contribution in [-0.4, -0.2) is 22.4 Å². The molecule has 0 atom stereocenters. The highest BCUT2D eigenvalue weighted by atomic mass is 79.9. The van der Waals surface area contributed by atoms with Gasteiger partial charge in [-0.05, 0) is 34.1 Å². The standard InChI is InChI=1S/C15H9BrF2N2O2/c16-9-5-11-12(7-20-14(11)19-6-9)13(21)8-2-1-3-10(4-8)22-15(17)18/h1-7,15H,(H,19,20). The molecule has 0 bridgehead atoms. The first-order valence-corrected chi connectivity index (χ1v) is 7.06. The Bertz CT molecular complexity index is 848. The molecule has 0 aliphatic heterocycles. The zero-order valence-electron chi connectivity index (χ0n) is 11.0. The lowest BCUT2D eigenvalue weighted by Gasteiger charge is -2.06. The molecule has 7 heteroatoms. The molecule has 22 heavy (non-hydrogen) atoms. The number of nitrogens with zero attached hydrogens (tertiary/aromatic N) is 1. The molecule has 1 N–H and O–H groups in total. The number of benzene rings is 1. The topological polar surface area (TPSA) is 55.0 Å². The van der Waals surface area contributed by atoms with Crippen LogP contribution in [0.15, 0.2) is 47.2 Å². The van der Waals surface area contributed by atoms with Gasteiger partial charge in [0.05, 0.1) is 0 Å². The van der Waals surface area contributed by atoms with Crippen molar-refractivity contribution in [3.05, 3.63) is 58.3 Å². The minimum Gasteiger partial charge on any atom is -0.435 e. The molecule has 3 rings (SSSR count). The van der Waals surface area contributed by atoms with E-state index in [0.717, 1.165) is 4.47 Å². The number of carbonyl (C=O) groups is 1. The highest BCUT2D eigenvalue weighted by Crippen LogP contribution is 2.24. The van der Waals surface area contributed by atoms with Crippen molar-refractivity contribution in [1.29, 1.82) is 0 Å². The molecule has 0 fully saturated rings. The van der Waals surface area contributed by atoms with E-state index in [2.05, 4.69) is 30.6 Å². The lowest BCUT2D eigenvalue weighted by molar-refractivity contribution is -0.0498. The molecule has 2 heterocycles. The van der Waals surface area contributed by atoms with E-state index in [-0.39, 0.29) is 17.1 Å². The number of hydrogen-bond donors (Lipinski definition) is 1. The van der Waals surface area contributed by atoms with E-state index in [1.54, 1.807) is 24.5 Å². The SMILES string of the molecule is O=C(c1cccc(OC(F)F)c1)c1c[nH]c2ncc(Br)cc12. The number of pyridine rings is 1. The Morgan fingerprint density at radius 1 is 1.32 bits per heavy atom.